The highest BCUT2D eigenvalue weighted by molar-refractivity contribution is 6.00. The average molecular weight is 470 g/mol. The Labute approximate surface area is 200 Å². The van der Waals surface area contributed by atoms with Crippen molar-refractivity contribution < 1.29 is 23.5 Å². The number of nitrogens with zero attached hydrogens (tertiary/aromatic N) is 2. The number of Topliss-reactive ketones (excluding diaryl/α,β-unsaturated/α-hetero) is 1. The zero-order valence-electron chi connectivity index (χ0n) is 20.0. The molecular weight excluding hydrogens is 434 g/mol. The molecule has 4 rings (SSSR count). The number of hydrogen-bond donors (Lipinski definition) is 1. The third kappa shape index (κ3) is 6.03. The second-order valence-corrected chi connectivity index (χ2v) is 9.45. The Bertz CT molecular complexity index is 958. The van der Waals surface area contributed by atoms with Crippen molar-refractivity contribution in [2.75, 3.05) is 26.3 Å². The van der Waals surface area contributed by atoms with Gasteiger partial charge < -0.3 is 19.4 Å². The molecule has 1 aromatic heterocycles. The van der Waals surface area contributed by atoms with Crippen molar-refractivity contribution in [2.45, 2.75) is 64.3 Å². The van der Waals surface area contributed by atoms with Gasteiger partial charge in [0, 0.05) is 25.4 Å². The number of para-hydroxylation sites is 2. The summed E-state index contributed by atoms with van der Waals surface area (Å²) in [7, 11) is 0. The van der Waals surface area contributed by atoms with E-state index in [0.29, 0.717) is 56.2 Å². The van der Waals surface area contributed by atoms with Crippen molar-refractivity contribution in [3.8, 4) is 0 Å². The average Bonchev–Trinajstić information content (AvgIpc) is 3.32. The minimum atomic E-state index is -0.743. The van der Waals surface area contributed by atoms with E-state index in [4.69, 9.17) is 9.15 Å². The minimum Gasteiger partial charge on any atom is -0.434 e. The molecule has 1 aromatic carbocycles. The summed E-state index contributed by atoms with van der Waals surface area (Å²) >= 11 is 0. The van der Waals surface area contributed by atoms with E-state index in [-0.39, 0.29) is 29.9 Å². The van der Waals surface area contributed by atoms with E-state index >= 15 is 0 Å². The maximum atomic E-state index is 13.4. The molecule has 2 aromatic rings. The fraction of sp³-hybridized carbons (Fsp3) is 0.615. The van der Waals surface area contributed by atoms with Crippen LogP contribution in [-0.2, 0) is 14.3 Å². The molecule has 2 atom stereocenters. The first-order valence-electron chi connectivity index (χ1n) is 12.6. The maximum absolute atomic E-state index is 13.4. The number of oxazole rings is 1. The Morgan fingerprint density at radius 2 is 1.85 bits per heavy atom. The van der Waals surface area contributed by atoms with Crippen molar-refractivity contribution in [1.82, 2.24) is 15.2 Å². The first-order valence-corrected chi connectivity index (χ1v) is 12.6. The van der Waals surface area contributed by atoms with E-state index in [0.717, 1.165) is 12.8 Å². The van der Waals surface area contributed by atoms with E-state index in [1.807, 2.05) is 19.1 Å². The van der Waals surface area contributed by atoms with Gasteiger partial charge in [0.15, 0.2) is 5.58 Å². The summed E-state index contributed by atoms with van der Waals surface area (Å²) in [5, 5.41) is 2.92. The molecule has 2 heterocycles. The van der Waals surface area contributed by atoms with Gasteiger partial charge in [-0.1, -0.05) is 51.2 Å². The Morgan fingerprint density at radius 1 is 1.12 bits per heavy atom. The minimum absolute atomic E-state index is 0.00146. The largest absolute Gasteiger partial charge is 0.434 e. The van der Waals surface area contributed by atoms with Crippen LogP contribution in [0.25, 0.3) is 11.1 Å². The highest BCUT2D eigenvalue weighted by Gasteiger charge is 2.32. The van der Waals surface area contributed by atoms with Gasteiger partial charge in [-0.05, 0) is 30.9 Å². The van der Waals surface area contributed by atoms with Gasteiger partial charge >= 0.3 is 0 Å². The number of carbonyl (C=O) groups is 3. The highest BCUT2D eigenvalue weighted by atomic mass is 16.5. The van der Waals surface area contributed by atoms with Crippen LogP contribution in [0.3, 0.4) is 0 Å². The Kier molecular flexibility index (Phi) is 8.32. The van der Waals surface area contributed by atoms with Gasteiger partial charge in [-0.3, -0.25) is 14.4 Å². The van der Waals surface area contributed by atoms with Gasteiger partial charge in [0.1, 0.15) is 5.52 Å². The number of benzene rings is 1. The smallest absolute Gasteiger partial charge is 0.266 e. The van der Waals surface area contributed by atoms with E-state index < -0.39 is 12.0 Å². The van der Waals surface area contributed by atoms with Gasteiger partial charge in [0.05, 0.1) is 19.3 Å². The van der Waals surface area contributed by atoms with E-state index in [1.54, 1.807) is 17.0 Å². The summed E-state index contributed by atoms with van der Waals surface area (Å²) in [6.45, 7) is 4.03. The molecule has 1 N–H and O–H groups in total. The second-order valence-electron chi connectivity index (χ2n) is 9.45. The predicted octanol–water partition coefficient (Wildman–Crippen LogP) is 3.74. The van der Waals surface area contributed by atoms with Crippen LogP contribution in [0.1, 0.15) is 69.0 Å². The number of rotatable bonds is 9. The van der Waals surface area contributed by atoms with Crippen LogP contribution in [0.4, 0.5) is 0 Å². The fourth-order valence-corrected chi connectivity index (χ4v) is 5.03. The van der Waals surface area contributed by atoms with Crippen LogP contribution in [0.5, 0.6) is 0 Å². The summed E-state index contributed by atoms with van der Waals surface area (Å²) < 4.78 is 11.0. The van der Waals surface area contributed by atoms with Gasteiger partial charge in [-0.25, -0.2) is 4.98 Å². The van der Waals surface area contributed by atoms with Crippen LogP contribution < -0.4 is 5.32 Å². The van der Waals surface area contributed by atoms with E-state index in [2.05, 4.69) is 10.3 Å². The number of nitrogens with one attached hydrogen (secondary N) is 1. The molecule has 1 saturated carbocycles. The quantitative estimate of drug-likeness (QED) is 0.562. The fourth-order valence-electron chi connectivity index (χ4n) is 5.03. The number of hydrogen-bond acceptors (Lipinski definition) is 6. The lowest BCUT2D eigenvalue weighted by Gasteiger charge is -2.30. The number of fused-ring (bicyclic) bond motifs is 1. The summed E-state index contributed by atoms with van der Waals surface area (Å²) in [6.07, 6.45) is 7.01. The summed E-state index contributed by atoms with van der Waals surface area (Å²) in [6, 6.07) is 6.46. The third-order valence-corrected chi connectivity index (χ3v) is 7.04. The molecule has 2 fully saturated rings. The molecule has 184 valence electrons. The van der Waals surface area contributed by atoms with Gasteiger partial charge in [-0.15, -0.1) is 0 Å². The lowest BCUT2D eigenvalue weighted by atomic mass is 9.81. The van der Waals surface area contributed by atoms with Crippen LogP contribution >= 0.6 is 0 Å². The predicted molar refractivity (Wildman–Crippen MR) is 127 cm³/mol. The number of aromatic nitrogens is 1. The first kappa shape index (κ1) is 24.4. The molecule has 0 bridgehead atoms. The number of morpholine rings is 1. The maximum Gasteiger partial charge on any atom is 0.266 e. The molecule has 2 unspecified atom stereocenters. The first-order chi connectivity index (χ1) is 16.5. The normalized spacial score (nSPS) is 19.0. The van der Waals surface area contributed by atoms with Gasteiger partial charge in [0.25, 0.3) is 5.89 Å². The molecule has 1 aliphatic carbocycles. The van der Waals surface area contributed by atoms with Crippen molar-refractivity contribution in [3.05, 3.63) is 30.2 Å². The van der Waals surface area contributed by atoms with Crippen LogP contribution in [0.15, 0.2) is 28.7 Å². The number of carbonyl (C=O) groups excluding carboxylic acids is 3. The van der Waals surface area contributed by atoms with Crippen molar-refractivity contribution in [3.63, 3.8) is 0 Å². The Hall–Kier alpha value is -2.74. The monoisotopic (exact) mass is 469 g/mol. The summed E-state index contributed by atoms with van der Waals surface area (Å²) in [5.74, 6) is -0.607. The molecule has 2 aliphatic rings. The zero-order valence-corrected chi connectivity index (χ0v) is 20.0. The number of ketones is 1. The molecule has 34 heavy (non-hydrogen) atoms. The molecule has 8 heteroatoms. The van der Waals surface area contributed by atoms with Gasteiger partial charge in [0.2, 0.25) is 17.6 Å². The van der Waals surface area contributed by atoms with Crippen LogP contribution in [0, 0.1) is 11.8 Å². The molecule has 2 amide bonds. The summed E-state index contributed by atoms with van der Waals surface area (Å²) in [5.41, 5.74) is 1.15. The second kappa shape index (κ2) is 11.6. The standard InChI is InChI=1S/C26H35N3O5/c1-2-20(24(31)26-28-21-10-6-7-11-22(21)34-26)27-25(32)19(16-18-8-4-3-5-9-18)17-23(30)29-12-14-33-15-13-29/h6-7,10-11,18-20H,2-5,8-9,12-17H2,1H3,(H,27,32). The molecule has 8 nitrogen and oxygen atoms in total. The Balaban J connectivity index is 1.45. The number of amides is 2. The van der Waals surface area contributed by atoms with E-state index in [1.165, 1.54) is 19.3 Å². The SMILES string of the molecule is CCC(NC(=O)C(CC(=O)N1CCOCC1)CC1CCCCC1)C(=O)c1nc2ccccc2o1. The lowest BCUT2D eigenvalue weighted by molar-refractivity contribution is -0.140. The molecule has 0 spiro atoms. The number of ether oxygens (including phenoxy) is 1. The van der Waals surface area contributed by atoms with Crippen molar-refractivity contribution in [1.29, 1.82) is 0 Å². The van der Waals surface area contributed by atoms with Crippen LogP contribution in [-0.4, -0.2) is 59.8 Å². The van der Waals surface area contributed by atoms with Gasteiger partial charge in [-0.2, -0.15) is 0 Å². The van der Waals surface area contributed by atoms with Crippen LogP contribution in [0.2, 0.25) is 0 Å². The highest BCUT2D eigenvalue weighted by Crippen LogP contribution is 2.31. The summed E-state index contributed by atoms with van der Waals surface area (Å²) in [4.78, 5) is 45.5. The Morgan fingerprint density at radius 3 is 2.56 bits per heavy atom. The van der Waals surface area contributed by atoms with E-state index in [9.17, 15) is 14.4 Å². The van der Waals surface area contributed by atoms with Crippen molar-refractivity contribution in [2.24, 2.45) is 11.8 Å². The molecule has 0 radical (unpaired) electrons. The topological polar surface area (TPSA) is 102 Å². The zero-order chi connectivity index (χ0) is 23.9. The molecular formula is C26H35N3O5. The lowest BCUT2D eigenvalue weighted by Crippen LogP contribution is -2.46. The molecule has 1 aliphatic heterocycles. The molecule has 1 saturated heterocycles. The third-order valence-electron chi connectivity index (χ3n) is 7.04. The van der Waals surface area contributed by atoms with Crippen molar-refractivity contribution >= 4 is 28.7 Å².